The maximum Gasteiger partial charge on any atom is 0.0701 e. The Bertz CT molecular complexity index is 347. The monoisotopic (exact) mass is 298 g/mol. The second kappa shape index (κ2) is 11.6. The van der Waals surface area contributed by atoms with E-state index >= 15 is 0 Å². The number of hydrogen-bond donors (Lipinski definition) is 1. The number of rotatable bonds is 13. The molecule has 0 bridgehead atoms. The van der Waals surface area contributed by atoms with Gasteiger partial charge in [-0.25, -0.2) is 0 Å². The fourth-order valence-corrected chi connectivity index (χ4v) is 1.94. The number of hydrogen-bond acceptors (Lipinski definition) is 4. The van der Waals surface area contributed by atoms with Crippen LogP contribution >= 0.6 is 0 Å². The van der Waals surface area contributed by atoms with Crippen LogP contribution in [0.1, 0.15) is 31.2 Å². The normalized spacial score (nSPS) is 11.0. The molecule has 122 valence electrons. The Morgan fingerprint density at radius 3 is 1.95 bits per heavy atom. The zero-order valence-corrected chi connectivity index (χ0v) is 13.7. The third-order valence-electron chi connectivity index (χ3n) is 3.17. The van der Waals surface area contributed by atoms with Crippen molar-refractivity contribution in [3.05, 3.63) is 23.5 Å². The van der Waals surface area contributed by atoms with E-state index in [2.05, 4.69) is 43.0 Å². The molecule has 0 atom stereocenters. The number of aryl methyl sites for hydroxylation is 2. The van der Waals surface area contributed by atoms with Gasteiger partial charge in [0.2, 0.25) is 0 Å². The van der Waals surface area contributed by atoms with Gasteiger partial charge in [0.1, 0.15) is 0 Å². The number of aromatic nitrogens is 1. The average molecular weight is 298 g/mol. The molecule has 1 aromatic heterocycles. The van der Waals surface area contributed by atoms with Gasteiger partial charge in [0.15, 0.2) is 0 Å². The molecule has 5 nitrogen and oxygen atoms in total. The summed E-state index contributed by atoms with van der Waals surface area (Å²) in [4.78, 5) is 0. The van der Waals surface area contributed by atoms with E-state index in [0.29, 0.717) is 33.0 Å². The SMILES string of the molecule is CCCCOCCOCCOCCNn1c(C)ccc1C. The van der Waals surface area contributed by atoms with E-state index in [-0.39, 0.29) is 0 Å². The Kier molecular flexibility index (Phi) is 9.95. The smallest absolute Gasteiger partial charge is 0.0701 e. The lowest BCUT2D eigenvalue weighted by Gasteiger charge is -2.12. The molecule has 5 heteroatoms. The molecule has 21 heavy (non-hydrogen) atoms. The molecule has 0 radical (unpaired) electrons. The average Bonchev–Trinajstić information content (AvgIpc) is 2.80. The highest BCUT2D eigenvalue weighted by Gasteiger charge is 1.98. The van der Waals surface area contributed by atoms with Gasteiger partial charge in [-0.15, -0.1) is 0 Å². The number of ether oxygens (including phenoxy) is 3. The van der Waals surface area contributed by atoms with Gasteiger partial charge in [-0.1, -0.05) is 13.3 Å². The molecule has 0 saturated carbocycles. The third-order valence-corrected chi connectivity index (χ3v) is 3.17. The fourth-order valence-electron chi connectivity index (χ4n) is 1.94. The van der Waals surface area contributed by atoms with E-state index in [1.807, 2.05) is 0 Å². The Labute approximate surface area is 128 Å². The standard InChI is InChI=1S/C16H30N2O3/c1-4-5-9-19-11-13-21-14-12-20-10-8-17-18-15(2)6-7-16(18)3/h6-7,17H,4-5,8-14H2,1-3H3. The molecule has 1 N–H and O–H groups in total. The van der Waals surface area contributed by atoms with Crippen molar-refractivity contribution in [1.82, 2.24) is 4.68 Å². The van der Waals surface area contributed by atoms with E-state index in [9.17, 15) is 0 Å². The van der Waals surface area contributed by atoms with Crippen molar-refractivity contribution >= 4 is 0 Å². The lowest BCUT2D eigenvalue weighted by molar-refractivity contribution is 0.0156. The Morgan fingerprint density at radius 1 is 0.857 bits per heavy atom. The van der Waals surface area contributed by atoms with Crippen molar-refractivity contribution in [2.45, 2.75) is 33.6 Å². The summed E-state index contributed by atoms with van der Waals surface area (Å²) in [5, 5.41) is 0. The van der Waals surface area contributed by atoms with E-state index < -0.39 is 0 Å². The van der Waals surface area contributed by atoms with Crippen molar-refractivity contribution in [1.29, 1.82) is 0 Å². The second-order valence-corrected chi connectivity index (χ2v) is 5.05. The third kappa shape index (κ3) is 8.09. The molecule has 1 rings (SSSR count). The van der Waals surface area contributed by atoms with Crippen LogP contribution < -0.4 is 5.43 Å². The van der Waals surface area contributed by atoms with Gasteiger partial charge >= 0.3 is 0 Å². The predicted octanol–water partition coefficient (Wildman–Crippen LogP) is 2.50. The quantitative estimate of drug-likeness (QED) is 0.568. The lowest BCUT2D eigenvalue weighted by atomic mass is 10.4. The van der Waals surface area contributed by atoms with Crippen LogP contribution in [-0.4, -0.2) is 50.9 Å². The molecule has 0 aliphatic carbocycles. The molecule has 1 aromatic rings. The highest BCUT2D eigenvalue weighted by Crippen LogP contribution is 2.03. The maximum atomic E-state index is 5.52. The molecule has 0 amide bonds. The number of nitrogens with one attached hydrogen (secondary N) is 1. The first-order valence-corrected chi connectivity index (χ1v) is 7.87. The fraction of sp³-hybridized carbons (Fsp3) is 0.750. The summed E-state index contributed by atoms with van der Waals surface area (Å²) >= 11 is 0. The first kappa shape index (κ1) is 18.0. The van der Waals surface area contributed by atoms with E-state index in [1.54, 1.807) is 0 Å². The summed E-state index contributed by atoms with van der Waals surface area (Å²) in [6, 6.07) is 4.19. The molecule has 0 spiro atoms. The summed E-state index contributed by atoms with van der Waals surface area (Å²) in [5.41, 5.74) is 5.74. The molecule has 0 unspecified atom stereocenters. The molecular formula is C16H30N2O3. The van der Waals surface area contributed by atoms with Crippen LogP contribution in [0.5, 0.6) is 0 Å². The molecule has 0 aliphatic rings. The first-order chi connectivity index (χ1) is 10.3. The highest BCUT2D eigenvalue weighted by atomic mass is 16.5. The zero-order valence-electron chi connectivity index (χ0n) is 13.7. The van der Waals surface area contributed by atoms with Gasteiger partial charge in [-0.05, 0) is 32.4 Å². The maximum absolute atomic E-state index is 5.52. The summed E-state index contributed by atoms with van der Waals surface area (Å²) in [6.45, 7) is 11.2. The van der Waals surface area contributed by atoms with Crippen LogP contribution in [0.25, 0.3) is 0 Å². The summed E-state index contributed by atoms with van der Waals surface area (Å²) in [7, 11) is 0. The van der Waals surface area contributed by atoms with Crippen molar-refractivity contribution in [2.24, 2.45) is 0 Å². The van der Waals surface area contributed by atoms with E-state index in [1.165, 1.54) is 17.8 Å². The molecule has 0 fully saturated rings. The summed E-state index contributed by atoms with van der Waals surface area (Å²) in [6.07, 6.45) is 2.29. The van der Waals surface area contributed by atoms with Gasteiger partial charge in [-0.2, -0.15) is 0 Å². The molecule has 1 heterocycles. The summed E-state index contributed by atoms with van der Waals surface area (Å²) in [5.74, 6) is 0. The highest BCUT2D eigenvalue weighted by molar-refractivity contribution is 5.15. The van der Waals surface area contributed by atoms with Crippen LogP contribution in [0.3, 0.4) is 0 Å². The molecule has 0 aromatic carbocycles. The van der Waals surface area contributed by atoms with Crippen molar-refractivity contribution < 1.29 is 14.2 Å². The minimum absolute atomic E-state index is 0.624. The Balaban J connectivity index is 1.85. The van der Waals surface area contributed by atoms with E-state index in [0.717, 1.165) is 19.6 Å². The lowest BCUT2D eigenvalue weighted by Crippen LogP contribution is -2.22. The van der Waals surface area contributed by atoms with Gasteiger partial charge in [0, 0.05) is 18.0 Å². The second-order valence-electron chi connectivity index (χ2n) is 5.05. The van der Waals surface area contributed by atoms with Crippen molar-refractivity contribution in [3.63, 3.8) is 0 Å². The summed E-state index contributed by atoms with van der Waals surface area (Å²) < 4.78 is 18.4. The van der Waals surface area contributed by atoms with Gasteiger partial charge < -0.3 is 19.6 Å². The predicted molar refractivity (Wildman–Crippen MR) is 85.5 cm³/mol. The van der Waals surface area contributed by atoms with Crippen LogP contribution in [0, 0.1) is 13.8 Å². The Hall–Kier alpha value is -1.04. The number of nitrogens with zero attached hydrogens (tertiary/aromatic N) is 1. The van der Waals surface area contributed by atoms with Gasteiger partial charge in [-0.3, -0.25) is 4.68 Å². The minimum atomic E-state index is 0.624. The van der Waals surface area contributed by atoms with Crippen molar-refractivity contribution in [3.8, 4) is 0 Å². The molecule has 0 saturated heterocycles. The van der Waals surface area contributed by atoms with Crippen LogP contribution in [-0.2, 0) is 14.2 Å². The Morgan fingerprint density at radius 2 is 1.38 bits per heavy atom. The molecule has 0 aliphatic heterocycles. The topological polar surface area (TPSA) is 44.6 Å². The van der Waals surface area contributed by atoms with Gasteiger partial charge in [0.25, 0.3) is 0 Å². The van der Waals surface area contributed by atoms with E-state index in [4.69, 9.17) is 14.2 Å². The van der Waals surface area contributed by atoms with Crippen LogP contribution in [0.15, 0.2) is 12.1 Å². The zero-order chi connectivity index (χ0) is 15.3. The van der Waals surface area contributed by atoms with Crippen LogP contribution in [0.2, 0.25) is 0 Å². The van der Waals surface area contributed by atoms with Crippen LogP contribution in [0.4, 0.5) is 0 Å². The van der Waals surface area contributed by atoms with Gasteiger partial charge in [0.05, 0.1) is 39.6 Å². The van der Waals surface area contributed by atoms with Crippen molar-refractivity contribution in [2.75, 3.05) is 51.6 Å². The first-order valence-electron chi connectivity index (χ1n) is 7.87. The molecular weight excluding hydrogens is 268 g/mol. The minimum Gasteiger partial charge on any atom is -0.379 e. The largest absolute Gasteiger partial charge is 0.379 e. The number of unbranched alkanes of at least 4 members (excludes halogenated alkanes) is 1.